The van der Waals surface area contributed by atoms with Crippen LogP contribution in [0.4, 0.5) is 11.4 Å². The first kappa shape index (κ1) is 21.4. The number of halogens is 2. The second-order valence-electron chi connectivity index (χ2n) is 6.28. The van der Waals surface area contributed by atoms with Crippen molar-refractivity contribution < 1.29 is 13.2 Å². The standard InChI is InChI=1S/C21H18BrClN2O3S/c1-15-6-2-5-9-20(15)25(29(27,28)17-12-10-16(23)11-13-17)14-21(26)24-19-8-4-3-7-18(19)22/h2-13H,14H2,1H3,(H,24,26). The lowest BCUT2D eigenvalue weighted by atomic mass is 10.2. The monoisotopic (exact) mass is 492 g/mol. The number of rotatable bonds is 6. The van der Waals surface area contributed by atoms with E-state index in [-0.39, 0.29) is 11.4 Å². The van der Waals surface area contributed by atoms with Crippen molar-refractivity contribution >= 4 is 54.8 Å². The van der Waals surface area contributed by atoms with Crippen LogP contribution in [-0.2, 0) is 14.8 Å². The minimum Gasteiger partial charge on any atom is -0.323 e. The minimum atomic E-state index is -3.99. The van der Waals surface area contributed by atoms with E-state index in [1.165, 1.54) is 24.3 Å². The first-order chi connectivity index (χ1) is 13.8. The average molecular weight is 494 g/mol. The molecule has 8 heteroatoms. The summed E-state index contributed by atoms with van der Waals surface area (Å²) in [7, 11) is -3.99. The van der Waals surface area contributed by atoms with Crippen LogP contribution in [0.1, 0.15) is 5.56 Å². The van der Waals surface area contributed by atoms with Gasteiger partial charge in [0.1, 0.15) is 6.54 Å². The number of amides is 1. The van der Waals surface area contributed by atoms with Crippen molar-refractivity contribution in [2.75, 3.05) is 16.2 Å². The maximum atomic E-state index is 13.3. The number of hydrogen-bond donors (Lipinski definition) is 1. The Morgan fingerprint density at radius 2 is 1.62 bits per heavy atom. The molecule has 150 valence electrons. The third-order valence-electron chi connectivity index (χ3n) is 4.22. The van der Waals surface area contributed by atoms with Gasteiger partial charge in [0, 0.05) is 9.50 Å². The van der Waals surface area contributed by atoms with Gasteiger partial charge in [0.2, 0.25) is 5.91 Å². The molecular weight excluding hydrogens is 476 g/mol. The second kappa shape index (κ2) is 8.98. The van der Waals surface area contributed by atoms with Crippen molar-refractivity contribution in [3.05, 3.63) is 87.9 Å². The van der Waals surface area contributed by atoms with E-state index < -0.39 is 15.9 Å². The van der Waals surface area contributed by atoms with Crippen LogP contribution in [0.3, 0.4) is 0 Å². The molecule has 29 heavy (non-hydrogen) atoms. The number of carbonyl (C=O) groups excluding carboxylic acids is 1. The highest BCUT2D eigenvalue weighted by Gasteiger charge is 2.28. The molecule has 0 atom stereocenters. The number of hydrogen-bond acceptors (Lipinski definition) is 3. The van der Waals surface area contributed by atoms with E-state index in [0.717, 1.165) is 9.87 Å². The summed E-state index contributed by atoms with van der Waals surface area (Å²) < 4.78 is 28.5. The molecule has 0 unspecified atom stereocenters. The molecule has 0 saturated carbocycles. The quantitative estimate of drug-likeness (QED) is 0.510. The zero-order chi connectivity index (χ0) is 21.0. The highest BCUT2D eigenvalue weighted by molar-refractivity contribution is 9.10. The van der Waals surface area contributed by atoms with E-state index in [0.29, 0.717) is 20.9 Å². The van der Waals surface area contributed by atoms with Crippen LogP contribution in [-0.4, -0.2) is 20.9 Å². The third-order valence-corrected chi connectivity index (χ3v) is 6.94. The number of nitrogens with zero attached hydrogens (tertiary/aromatic N) is 1. The van der Waals surface area contributed by atoms with Gasteiger partial charge in [-0.25, -0.2) is 8.42 Å². The topological polar surface area (TPSA) is 66.5 Å². The number of anilines is 2. The zero-order valence-corrected chi connectivity index (χ0v) is 18.6. The van der Waals surface area contributed by atoms with E-state index in [4.69, 9.17) is 11.6 Å². The van der Waals surface area contributed by atoms with Gasteiger partial charge in [-0.15, -0.1) is 0 Å². The maximum absolute atomic E-state index is 13.3. The van der Waals surface area contributed by atoms with E-state index in [1.807, 2.05) is 12.1 Å². The Kier molecular flexibility index (Phi) is 6.62. The predicted octanol–water partition coefficient (Wildman–Crippen LogP) is 5.24. The normalized spacial score (nSPS) is 11.1. The largest absolute Gasteiger partial charge is 0.323 e. The molecule has 0 aliphatic heterocycles. The van der Waals surface area contributed by atoms with Crippen molar-refractivity contribution in [1.82, 2.24) is 0 Å². The molecule has 3 aromatic carbocycles. The molecule has 3 rings (SSSR count). The summed E-state index contributed by atoms with van der Waals surface area (Å²) in [6, 6.07) is 20.0. The fourth-order valence-corrected chi connectivity index (χ4v) is 4.75. The van der Waals surface area contributed by atoms with E-state index in [9.17, 15) is 13.2 Å². The van der Waals surface area contributed by atoms with Crippen molar-refractivity contribution in [2.45, 2.75) is 11.8 Å². The molecule has 0 aliphatic rings. The summed E-state index contributed by atoms with van der Waals surface area (Å²) in [5.74, 6) is -0.460. The summed E-state index contributed by atoms with van der Waals surface area (Å²) in [4.78, 5) is 12.8. The van der Waals surface area contributed by atoms with Crippen LogP contribution in [0.5, 0.6) is 0 Å². The van der Waals surface area contributed by atoms with Crippen LogP contribution in [0, 0.1) is 6.92 Å². The van der Waals surface area contributed by atoms with Gasteiger partial charge in [-0.05, 0) is 70.9 Å². The van der Waals surface area contributed by atoms with Gasteiger partial charge < -0.3 is 5.32 Å². The summed E-state index contributed by atoms with van der Waals surface area (Å²) in [5.41, 5.74) is 1.73. The van der Waals surface area contributed by atoms with E-state index in [2.05, 4.69) is 21.2 Å². The Morgan fingerprint density at radius 1 is 1.00 bits per heavy atom. The summed E-state index contributed by atoms with van der Waals surface area (Å²) in [6.07, 6.45) is 0. The smallest absolute Gasteiger partial charge is 0.264 e. The van der Waals surface area contributed by atoms with Crippen molar-refractivity contribution in [3.63, 3.8) is 0 Å². The molecule has 5 nitrogen and oxygen atoms in total. The second-order valence-corrected chi connectivity index (χ2v) is 9.43. The van der Waals surface area contributed by atoms with Gasteiger partial charge in [0.15, 0.2) is 0 Å². The fourth-order valence-electron chi connectivity index (χ4n) is 2.76. The number of sulfonamides is 1. The van der Waals surface area contributed by atoms with Crippen molar-refractivity contribution in [1.29, 1.82) is 0 Å². The van der Waals surface area contributed by atoms with Crippen LogP contribution >= 0.6 is 27.5 Å². The van der Waals surface area contributed by atoms with Crippen LogP contribution < -0.4 is 9.62 Å². The molecular formula is C21H18BrClN2O3S. The first-order valence-electron chi connectivity index (χ1n) is 8.67. The van der Waals surface area contributed by atoms with E-state index >= 15 is 0 Å². The molecule has 0 spiro atoms. The molecule has 1 N–H and O–H groups in total. The van der Waals surface area contributed by atoms with Gasteiger partial charge in [0.05, 0.1) is 16.3 Å². The van der Waals surface area contributed by atoms with Gasteiger partial charge in [0.25, 0.3) is 10.0 Å². The number of benzene rings is 3. The Balaban J connectivity index is 1.98. The lowest BCUT2D eigenvalue weighted by Crippen LogP contribution is -2.38. The molecule has 0 heterocycles. The molecule has 0 bridgehead atoms. The van der Waals surface area contributed by atoms with Crippen molar-refractivity contribution in [2.24, 2.45) is 0 Å². The van der Waals surface area contributed by atoms with Gasteiger partial charge in [-0.1, -0.05) is 41.9 Å². The molecule has 1 amide bonds. The number of nitrogens with one attached hydrogen (secondary N) is 1. The van der Waals surface area contributed by atoms with Gasteiger partial charge >= 0.3 is 0 Å². The third kappa shape index (κ3) is 4.98. The summed E-state index contributed by atoms with van der Waals surface area (Å²) >= 11 is 9.27. The predicted molar refractivity (Wildman–Crippen MR) is 120 cm³/mol. The lowest BCUT2D eigenvalue weighted by molar-refractivity contribution is -0.114. The number of para-hydroxylation sites is 2. The average Bonchev–Trinajstić information content (AvgIpc) is 2.69. The molecule has 0 radical (unpaired) electrons. The van der Waals surface area contributed by atoms with Crippen LogP contribution in [0.2, 0.25) is 5.02 Å². The Bertz CT molecular complexity index is 1130. The van der Waals surface area contributed by atoms with Gasteiger partial charge in [-0.2, -0.15) is 0 Å². The Morgan fingerprint density at radius 3 is 2.28 bits per heavy atom. The Labute approximate surface area is 183 Å². The zero-order valence-electron chi connectivity index (χ0n) is 15.5. The maximum Gasteiger partial charge on any atom is 0.264 e. The molecule has 0 saturated heterocycles. The summed E-state index contributed by atoms with van der Waals surface area (Å²) in [5, 5.41) is 3.18. The van der Waals surface area contributed by atoms with Crippen LogP contribution in [0.15, 0.2) is 82.2 Å². The number of carbonyl (C=O) groups is 1. The fraction of sp³-hybridized carbons (Fsp3) is 0.0952. The number of aryl methyl sites for hydroxylation is 1. The molecule has 3 aromatic rings. The lowest BCUT2D eigenvalue weighted by Gasteiger charge is -2.25. The van der Waals surface area contributed by atoms with Crippen LogP contribution in [0.25, 0.3) is 0 Å². The Hall–Kier alpha value is -2.35. The van der Waals surface area contributed by atoms with E-state index in [1.54, 1.807) is 43.3 Å². The molecule has 0 fully saturated rings. The first-order valence-corrected chi connectivity index (χ1v) is 11.3. The molecule has 0 aliphatic carbocycles. The minimum absolute atomic E-state index is 0.0545. The SMILES string of the molecule is Cc1ccccc1N(CC(=O)Nc1ccccc1Br)S(=O)(=O)c1ccc(Cl)cc1. The highest BCUT2D eigenvalue weighted by Crippen LogP contribution is 2.28. The van der Waals surface area contributed by atoms with Gasteiger partial charge in [-0.3, -0.25) is 9.10 Å². The van der Waals surface area contributed by atoms with Crippen molar-refractivity contribution in [3.8, 4) is 0 Å². The molecule has 0 aromatic heterocycles. The highest BCUT2D eigenvalue weighted by atomic mass is 79.9. The summed E-state index contributed by atoms with van der Waals surface area (Å²) in [6.45, 7) is 1.42.